The first-order valence-corrected chi connectivity index (χ1v) is 13.4. The Kier molecular flexibility index (Phi) is 8.50. The molecule has 198 valence electrons. The van der Waals surface area contributed by atoms with Crippen molar-refractivity contribution in [3.63, 3.8) is 0 Å². The van der Waals surface area contributed by atoms with E-state index in [-0.39, 0.29) is 11.7 Å². The number of nitrogens with one attached hydrogen (secondary N) is 1. The van der Waals surface area contributed by atoms with Crippen LogP contribution in [0.25, 0.3) is 0 Å². The maximum absolute atomic E-state index is 13.0. The van der Waals surface area contributed by atoms with Crippen LogP contribution in [0.1, 0.15) is 47.5 Å². The van der Waals surface area contributed by atoms with E-state index in [0.29, 0.717) is 18.9 Å². The highest BCUT2D eigenvalue weighted by atomic mass is 16.5. The van der Waals surface area contributed by atoms with Gasteiger partial charge in [0.05, 0.1) is 6.33 Å². The zero-order chi connectivity index (χ0) is 26.2. The minimum atomic E-state index is 0.0145. The number of ether oxygens (including phenoxy) is 1. The van der Waals surface area contributed by atoms with Gasteiger partial charge in [-0.15, -0.1) is 0 Å². The molecule has 2 aromatic rings. The lowest BCUT2D eigenvalue weighted by Crippen LogP contribution is -2.38. The Labute approximate surface area is 224 Å². The van der Waals surface area contributed by atoms with Gasteiger partial charge in [0, 0.05) is 68.5 Å². The number of hydrogen-bond donors (Lipinski definition) is 1. The van der Waals surface area contributed by atoms with E-state index in [1.54, 1.807) is 30.9 Å². The molecule has 3 aliphatic rings. The van der Waals surface area contributed by atoms with Crippen LogP contribution in [0.2, 0.25) is 0 Å². The third kappa shape index (κ3) is 6.69. The maximum Gasteiger partial charge on any atom is 0.251 e. The second-order valence-electron chi connectivity index (χ2n) is 9.94. The molecule has 1 amide bonds. The monoisotopic (exact) mass is 513 g/mol. The molecule has 0 spiro atoms. The summed E-state index contributed by atoms with van der Waals surface area (Å²) in [5, 5.41) is 3.10. The molecular weight excluding hydrogens is 478 g/mol. The molecule has 1 N–H and O–H groups in total. The molecule has 0 unspecified atom stereocenters. The second kappa shape index (κ2) is 12.6. The first kappa shape index (κ1) is 25.7. The number of rotatable bonds is 10. The Morgan fingerprint density at radius 1 is 1.13 bits per heavy atom. The molecule has 3 heterocycles. The summed E-state index contributed by atoms with van der Waals surface area (Å²) in [7, 11) is 0. The fraction of sp³-hybridized carbons (Fsp3) is 0.367. The number of allylic oxidation sites excluding steroid dienone is 4. The quantitative estimate of drug-likeness (QED) is 0.484. The predicted molar refractivity (Wildman–Crippen MR) is 146 cm³/mol. The number of likely N-dealkylation sites (tertiary alicyclic amines) is 1. The molecule has 38 heavy (non-hydrogen) atoms. The summed E-state index contributed by atoms with van der Waals surface area (Å²) in [5.41, 5.74) is 2.87. The average Bonchev–Trinajstić information content (AvgIpc) is 3.48. The number of hydrogen-bond acceptors (Lipinski definition) is 6. The number of carbonyl (C=O) groups excluding carboxylic acids is 2. The third-order valence-electron chi connectivity index (χ3n) is 7.34. The molecule has 1 aromatic carbocycles. The smallest absolute Gasteiger partial charge is 0.251 e. The van der Waals surface area contributed by atoms with E-state index < -0.39 is 0 Å². The first-order valence-electron chi connectivity index (χ1n) is 13.4. The van der Waals surface area contributed by atoms with Crippen molar-refractivity contribution in [1.29, 1.82) is 0 Å². The lowest BCUT2D eigenvalue weighted by molar-refractivity contribution is -0.114. The molecule has 1 fully saturated rings. The number of aryl methyl sites for hydroxylation is 1. The molecule has 8 nitrogen and oxygen atoms in total. The molecule has 0 atom stereocenters. The van der Waals surface area contributed by atoms with Crippen molar-refractivity contribution in [3.05, 3.63) is 102 Å². The number of imidazole rings is 1. The van der Waals surface area contributed by atoms with Crippen LogP contribution in [0.5, 0.6) is 0 Å². The summed E-state index contributed by atoms with van der Waals surface area (Å²) >= 11 is 0. The van der Waals surface area contributed by atoms with Gasteiger partial charge in [0.1, 0.15) is 12.0 Å². The summed E-state index contributed by atoms with van der Waals surface area (Å²) in [5.74, 6) is 1.24. The van der Waals surface area contributed by atoms with Crippen LogP contribution >= 0.6 is 0 Å². The van der Waals surface area contributed by atoms with Crippen LogP contribution in [-0.2, 0) is 16.1 Å². The zero-order valence-corrected chi connectivity index (χ0v) is 21.7. The Bertz CT molecular complexity index is 1240. The number of piperidine rings is 1. The molecule has 5 rings (SSSR count). The van der Waals surface area contributed by atoms with Crippen molar-refractivity contribution in [1.82, 2.24) is 24.7 Å². The highest BCUT2D eigenvalue weighted by Crippen LogP contribution is 2.30. The second-order valence-corrected chi connectivity index (χ2v) is 9.94. The van der Waals surface area contributed by atoms with Gasteiger partial charge in [-0.1, -0.05) is 30.4 Å². The number of nitrogens with zero attached hydrogens (tertiary/aromatic N) is 4. The van der Waals surface area contributed by atoms with E-state index in [2.05, 4.69) is 26.2 Å². The van der Waals surface area contributed by atoms with Crippen LogP contribution < -0.4 is 5.32 Å². The predicted octanol–water partition coefficient (Wildman–Crippen LogP) is 3.98. The van der Waals surface area contributed by atoms with Gasteiger partial charge in [-0.25, -0.2) is 4.98 Å². The Balaban J connectivity index is 1.09. The van der Waals surface area contributed by atoms with Crippen molar-refractivity contribution in [2.45, 2.75) is 38.1 Å². The zero-order valence-electron chi connectivity index (χ0n) is 21.7. The normalized spacial score (nSPS) is 18.2. The summed E-state index contributed by atoms with van der Waals surface area (Å²) in [6.07, 6.45) is 19.7. The van der Waals surface area contributed by atoms with Crippen molar-refractivity contribution in [2.24, 2.45) is 0 Å². The minimum absolute atomic E-state index is 0.0145. The molecule has 0 radical (unpaired) electrons. The van der Waals surface area contributed by atoms with Gasteiger partial charge in [0.25, 0.3) is 5.91 Å². The summed E-state index contributed by atoms with van der Waals surface area (Å²) in [6.45, 7) is 5.27. The topological polar surface area (TPSA) is 79.7 Å². The molecule has 8 heteroatoms. The maximum atomic E-state index is 13.0. The van der Waals surface area contributed by atoms with E-state index in [4.69, 9.17) is 4.74 Å². The number of amides is 1. The summed E-state index contributed by atoms with van der Waals surface area (Å²) in [6, 6.07) is 8.06. The van der Waals surface area contributed by atoms with Gasteiger partial charge in [0.15, 0.2) is 5.78 Å². The average molecular weight is 514 g/mol. The third-order valence-corrected chi connectivity index (χ3v) is 7.34. The van der Waals surface area contributed by atoms with Crippen molar-refractivity contribution in [3.8, 4) is 0 Å². The number of aromatic nitrogens is 2. The van der Waals surface area contributed by atoms with Crippen LogP contribution in [0.3, 0.4) is 0 Å². The number of carbonyl (C=O) groups is 2. The molecule has 2 aliphatic heterocycles. The molecule has 0 saturated carbocycles. The fourth-order valence-corrected chi connectivity index (χ4v) is 5.21. The molecule has 1 aromatic heterocycles. The summed E-state index contributed by atoms with van der Waals surface area (Å²) < 4.78 is 7.68. The lowest BCUT2D eigenvalue weighted by atomic mass is 9.86. The van der Waals surface area contributed by atoms with Gasteiger partial charge in [-0.05, 0) is 56.0 Å². The highest BCUT2D eigenvalue weighted by Gasteiger charge is 2.24. The van der Waals surface area contributed by atoms with Crippen LogP contribution in [0, 0.1) is 0 Å². The van der Waals surface area contributed by atoms with Crippen molar-refractivity contribution < 1.29 is 14.3 Å². The van der Waals surface area contributed by atoms with Crippen molar-refractivity contribution in [2.75, 3.05) is 32.7 Å². The number of benzene rings is 1. The SMILES string of the molecule is O=C1C=CC=C(C2=CN(CCN3CCC(c4ccccc4C(=O)NCCCn4ccnc4)CC3)C=CO2)C1. The molecule has 0 bridgehead atoms. The van der Waals surface area contributed by atoms with Crippen LogP contribution in [0.15, 0.2) is 91.2 Å². The van der Waals surface area contributed by atoms with Gasteiger partial charge < -0.3 is 24.4 Å². The van der Waals surface area contributed by atoms with Gasteiger partial charge in [-0.3, -0.25) is 9.59 Å². The van der Waals surface area contributed by atoms with Gasteiger partial charge >= 0.3 is 0 Å². The fourth-order valence-electron chi connectivity index (χ4n) is 5.21. The first-order chi connectivity index (χ1) is 18.7. The van der Waals surface area contributed by atoms with Gasteiger partial charge in [0.2, 0.25) is 0 Å². The highest BCUT2D eigenvalue weighted by molar-refractivity contribution is 5.96. The summed E-state index contributed by atoms with van der Waals surface area (Å²) in [4.78, 5) is 33.4. The van der Waals surface area contributed by atoms with Crippen LogP contribution in [0.4, 0.5) is 0 Å². The molecular formula is C30H35N5O3. The standard InChI is InChI=1S/C30H35N5O3/c36-26-6-3-5-25(21-26)29-22-34(19-20-38-29)18-17-33-14-9-24(10-15-33)27-7-1-2-8-28(27)30(37)32-11-4-13-35-16-12-31-23-35/h1-3,5-8,12,16,19-20,22-24H,4,9-11,13-15,17-18,21H2,(H,32,37). The molecule has 1 saturated heterocycles. The van der Waals surface area contributed by atoms with E-state index in [1.807, 2.05) is 47.4 Å². The minimum Gasteiger partial charge on any atom is -0.462 e. The van der Waals surface area contributed by atoms with E-state index in [9.17, 15) is 9.59 Å². The lowest BCUT2D eigenvalue weighted by Gasteiger charge is -2.34. The molecule has 1 aliphatic carbocycles. The largest absolute Gasteiger partial charge is 0.462 e. The van der Waals surface area contributed by atoms with E-state index in [0.717, 1.165) is 74.4 Å². The van der Waals surface area contributed by atoms with E-state index >= 15 is 0 Å². The van der Waals surface area contributed by atoms with Gasteiger partial charge in [-0.2, -0.15) is 0 Å². The van der Waals surface area contributed by atoms with Crippen molar-refractivity contribution >= 4 is 11.7 Å². The van der Waals surface area contributed by atoms with E-state index in [1.165, 1.54) is 0 Å². The Morgan fingerprint density at radius 2 is 2.00 bits per heavy atom. The Hall–Kier alpha value is -3.91. The Morgan fingerprint density at radius 3 is 2.82 bits per heavy atom. The van der Waals surface area contributed by atoms with Crippen LogP contribution in [-0.4, -0.2) is 63.8 Å². The number of ketones is 1.